The molecule has 1 amide bonds. The highest BCUT2D eigenvalue weighted by atomic mass is 35.5. The smallest absolute Gasteiger partial charge is 0.230 e. The highest BCUT2D eigenvalue weighted by Gasteiger charge is 2.02. The Morgan fingerprint density at radius 3 is 2.72 bits per heavy atom. The number of benzene rings is 1. The molecular weight excluding hydrogens is 268 g/mol. The molecular formula is C13H19ClN2OS. The van der Waals surface area contributed by atoms with Gasteiger partial charge in [0.2, 0.25) is 5.91 Å². The van der Waals surface area contributed by atoms with Crippen LogP contribution in [0.2, 0.25) is 5.02 Å². The molecule has 1 unspecified atom stereocenters. The van der Waals surface area contributed by atoms with Crippen molar-refractivity contribution in [2.24, 2.45) is 5.73 Å². The molecule has 0 saturated heterocycles. The maximum atomic E-state index is 11.5. The van der Waals surface area contributed by atoms with E-state index in [1.807, 2.05) is 31.2 Å². The van der Waals surface area contributed by atoms with Crippen LogP contribution in [0.4, 0.5) is 0 Å². The number of halogens is 1. The lowest BCUT2D eigenvalue weighted by molar-refractivity contribution is -0.118. The Balaban J connectivity index is 2.13. The average Bonchev–Trinajstić information content (AvgIpc) is 2.31. The Bertz CT molecular complexity index is 368. The monoisotopic (exact) mass is 286 g/mol. The first-order chi connectivity index (χ1) is 8.58. The second-order valence-corrected chi connectivity index (χ2v) is 5.66. The normalized spacial score (nSPS) is 12.2. The van der Waals surface area contributed by atoms with Crippen LogP contribution in [-0.4, -0.2) is 24.2 Å². The number of hydrogen-bond acceptors (Lipinski definition) is 3. The van der Waals surface area contributed by atoms with E-state index in [1.54, 1.807) is 11.8 Å². The molecule has 0 aliphatic rings. The second kappa shape index (κ2) is 8.40. The molecule has 1 aromatic rings. The summed E-state index contributed by atoms with van der Waals surface area (Å²) in [5.41, 5.74) is 6.77. The Labute approximate surface area is 117 Å². The van der Waals surface area contributed by atoms with E-state index in [0.717, 1.165) is 17.2 Å². The first-order valence-electron chi connectivity index (χ1n) is 5.92. The minimum Gasteiger partial charge on any atom is -0.355 e. The molecule has 0 spiro atoms. The lowest BCUT2D eigenvalue weighted by Gasteiger charge is -2.07. The molecule has 0 aromatic heterocycles. The zero-order valence-corrected chi connectivity index (χ0v) is 12.1. The SMILES string of the molecule is CC(N)CCNC(=O)CSCc1ccc(Cl)cc1. The fourth-order valence-electron chi connectivity index (χ4n) is 1.33. The van der Waals surface area contributed by atoms with Crippen LogP contribution in [-0.2, 0) is 10.5 Å². The van der Waals surface area contributed by atoms with Crippen molar-refractivity contribution < 1.29 is 4.79 Å². The van der Waals surface area contributed by atoms with Crippen molar-refractivity contribution in [1.29, 1.82) is 0 Å². The number of nitrogens with two attached hydrogens (primary N) is 1. The molecule has 0 aliphatic carbocycles. The van der Waals surface area contributed by atoms with Gasteiger partial charge in [0.05, 0.1) is 5.75 Å². The van der Waals surface area contributed by atoms with Gasteiger partial charge in [-0.25, -0.2) is 0 Å². The molecule has 5 heteroatoms. The van der Waals surface area contributed by atoms with Gasteiger partial charge in [-0.3, -0.25) is 4.79 Å². The number of nitrogens with one attached hydrogen (secondary N) is 1. The molecule has 0 bridgehead atoms. The van der Waals surface area contributed by atoms with Gasteiger partial charge in [0, 0.05) is 23.4 Å². The largest absolute Gasteiger partial charge is 0.355 e. The maximum Gasteiger partial charge on any atom is 0.230 e. The molecule has 0 fully saturated rings. The number of amides is 1. The molecule has 0 heterocycles. The molecule has 3 nitrogen and oxygen atoms in total. The summed E-state index contributed by atoms with van der Waals surface area (Å²) in [6.45, 7) is 2.58. The molecule has 0 saturated carbocycles. The van der Waals surface area contributed by atoms with Crippen LogP contribution in [0.1, 0.15) is 18.9 Å². The van der Waals surface area contributed by atoms with Crippen LogP contribution in [0, 0.1) is 0 Å². The summed E-state index contributed by atoms with van der Waals surface area (Å²) in [4.78, 5) is 11.5. The summed E-state index contributed by atoms with van der Waals surface area (Å²) >= 11 is 7.39. The van der Waals surface area contributed by atoms with Crippen LogP contribution in [0.15, 0.2) is 24.3 Å². The van der Waals surface area contributed by atoms with Crippen LogP contribution in [0.3, 0.4) is 0 Å². The van der Waals surface area contributed by atoms with Crippen molar-refractivity contribution in [1.82, 2.24) is 5.32 Å². The van der Waals surface area contributed by atoms with Gasteiger partial charge >= 0.3 is 0 Å². The highest BCUT2D eigenvalue weighted by Crippen LogP contribution is 2.15. The third-order valence-electron chi connectivity index (χ3n) is 2.34. The third-order valence-corrected chi connectivity index (χ3v) is 3.59. The van der Waals surface area contributed by atoms with Crippen molar-refractivity contribution in [2.75, 3.05) is 12.3 Å². The van der Waals surface area contributed by atoms with Crippen LogP contribution >= 0.6 is 23.4 Å². The van der Waals surface area contributed by atoms with E-state index in [-0.39, 0.29) is 11.9 Å². The first kappa shape index (κ1) is 15.3. The summed E-state index contributed by atoms with van der Waals surface area (Å²) in [5.74, 6) is 1.36. The van der Waals surface area contributed by atoms with E-state index in [0.29, 0.717) is 12.3 Å². The summed E-state index contributed by atoms with van der Waals surface area (Å²) in [6.07, 6.45) is 0.813. The van der Waals surface area contributed by atoms with Crippen molar-refractivity contribution in [2.45, 2.75) is 25.1 Å². The zero-order valence-electron chi connectivity index (χ0n) is 10.5. The summed E-state index contributed by atoms with van der Waals surface area (Å²) < 4.78 is 0. The van der Waals surface area contributed by atoms with E-state index >= 15 is 0 Å². The highest BCUT2D eigenvalue weighted by molar-refractivity contribution is 7.99. The predicted molar refractivity (Wildman–Crippen MR) is 78.9 cm³/mol. The van der Waals surface area contributed by atoms with Gasteiger partial charge in [0.1, 0.15) is 0 Å². The lowest BCUT2D eigenvalue weighted by atomic mass is 10.2. The van der Waals surface area contributed by atoms with Gasteiger partial charge in [-0.05, 0) is 31.0 Å². The minimum atomic E-state index is 0.0645. The summed E-state index contributed by atoms with van der Waals surface area (Å²) in [5, 5.41) is 3.58. The van der Waals surface area contributed by atoms with E-state index in [9.17, 15) is 4.79 Å². The maximum absolute atomic E-state index is 11.5. The molecule has 18 heavy (non-hydrogen) atoms. The number of carbonyl (C=O) groups is 1. The molecule has 100 valence electrons. The minimum absolute atomic E-state index is 0.0645. The van der Waals surface area contributed by atoms with Gasteiger partial charge in [0.15, 0.2) is 0 Å². The van der Waals surface area contributed by atoms with Crippen molar-refractivity contribution in [3.63, 3.8) is 0 Å². The summed E-state index contributed by atoms with van der Waals surface area (Å²) in [7, 11) is 0. The van der Waals surface area contributed by atoms with Gasteiger partial charge < -0.3 is 11.1 Å². The topological polar surface area (TPSA) is 55.1 Å². The zero-order chi connectivity index (χ0) is 13.4. The van der Waals surface area contributed by atoms with E-state index in [2.05, 4.69) is 5.32 Å². The van der Waals surface area contributed by atoms with E-state index < -0.39 is 0 Å². The van der Waals surface area contributed by atoms with E-state index in [4.69, 9.17) is 17.3 Å². The fraction of sp³-hybridized carbons (Fsp3) is 0.462. The Hall–Kier alpha value is -0.710. The van der Waals surface area contributed by atoms with Gasteiger partial charge in [0.25, 0.3) is 0 Å². The first-order valence-corrected chi connectivity index (χ1v) is 7.45. The Morgan fingerprint density at radius 2 is 2.11 bits per heavy atom. The van der Waals surface area contributed by atoms with E-state index in [1.165, 1.54) is 5.56 Å². The lowest BCUT2D eigenvalue weighted by Crippen LogP contribution is -2.30. The molecule has 3 N–H and O–H groups in total. The molecule has 1 atom stereocenters. The Kier molecular flexibility index (Phi) is 7.16. The van der Waals surface area contributed by atoms with Gasteiger partial charge in [-0.15, -0.1) is 11.8 Å². The quantitative estimate of drug-likeness (QED) is 0.809. The number of carbonyl (C=O) groups excluding carboxylic acids is 1. The third kappa shape index (κ3) is 6.89. The van der Waals surface area contributed by atoms with Crippen molar-refractivity contribution >= 4 is 29.3 Å². The number of rotatable bonds is 7. The Morgan fingerprint density at radius 1 is 1.44 bits per heavy atom. The standard InChI is InChI=1S/C13H19ClN2OS/c1-10(15)6-7-16-13(17)9-18-8-11-2-4-12(14)5-3-11/h2-5,10H,6-9,15H2,1H3,(H,16,17). The predicted octanol–water partition coefficient (Wildman–Crippen LogP) is 2.43. The summed E-state index contributed by atoms with van der Waals surface area (Å²) in [6, 6.07) is 7.81. The fourth-order valence-corrected chi connectivity index (χ4v) is 2.28. The average molecular weight is 287 g/mol. The molecule has 1 aromatic carbocycles. The molecule has 0 aliphatic heterocycles. The van der Waals surface area contributed by atoms with Crippen LogP contribution < -0.4 is 11.1 Å². The van der Waals surface area contributed by atoms with Crippen molar-refractivity contribution in [3.05, 3.63) is 34.9 Å². The van der Waals surface area contributed by atoms with Gasteiger partial charge in [-0.1, -0.05) is 23.7 Å². The second-order valence-electron chi connectivity index (χ2n) is 4.24. The number of hydrogen-bond donors (Lipinski definition) is 2. The van der Waals surface area contributed by atoms with Crippen molar-refractivity contribution in [3.8, 4) is 0 Å². The van der Waals surface area contributed by atoms with Crippen LogP contribution in [0.5, 0.6) is 0 Å². The van der Waals surface area contributed by atoms with Crippen LogP contribution in [0.25, 0.3) is 0 Å². The molecule has 0 radical (unpaired) electrons. The van der Waals surface area contributed by atoms with Gasteiger partial charge in [-0.2, -0.15) is 0 Å². The molecule has 1 rings (SSSR count). The number of thioether (sulfide) groups is 1.